The topological polar surface area (TPSA) is 74.6 Å². The number of carboxylic acids is 2. The summed E-state index contributed by atoms with van der Waals surface area (Å²) in [7, 11) is 0. The van der Waals surface area contributed by atoms with E-state index in [9.17, 15) is 9.59 Å². The molecule has 0 aromatic heterocycles. The summed E-state index contributed by atoms with van der Waals surface area (Å²) in [6.07, 6.45) is 10.6. The fourth-order valence-electron chi connectivity index (χ4n) is 2.19. The maximum absolute atomic E-state index is 10.1. The Hall–Kier alpha value is -0.554. The molecular formula is C19H38CoO4. The molecule has 0 unspecified atom stereocenters. The Labute approximate surface area is 159 Å². The zero-order chi connectivity index (χ0) is 18.1. The standard InChI is InChI=1S/C10H20O2.C9H18O2.Co/c1-9(2)7-5-3-4-6-8-10(11)12;1-8(2)6-4-3-5-7-9(10)11;/h9H,3-8H2,1-2H3,(H,11,12);8H,3-7H2,1-2H3,(H,10,11);. The van der Waals surface area contributed by atoms with Gasteiger partial charge in [-0.05, 0) is 24.7 Å². The summed E-state index contributed by atoms with van der Waals surface area (Å²) in [4.78, 5) is 20.2. The van der Waals surface area contributed by atoms with Crippen molar-refractivity contribution in [3.05, 3.63) is 0 Å². The number of carboxylic acid groups (broad SMARTS) is 2. The van der Waals surface area contributed by atoms with Gasteiger partial charge in [-0.25, -0.2) is 0 Å². The summed E-state index contributed by atoms with van der Waals surface area (Å²) in [5.41, 5.74) is 0. The predicted octanol–water partition coefficient (Wildman–Crippen LogP) is 5.74. The van der Waals surface area contributed by atoms with Gasteiger partial charge in [0.05, 0.1) is 0 Å². The van der Waals surface area contributed by atoms with Crippen LogP contribution in [0.2, 0.25) is 0 Å². The molecule has 0 heterocycles. The van der Waals surface area contributed by atoms with Crippen molar-refractivity contribution in [2.24, 2.45) is 11.8 Å². The van der Waals surface area contributed by atoms with E-state index in [0.717, 1.165) is 37.5 Å². The summed E-state index contributed by atoms with van der Waals surface area (Å²) in [5, 5.41) is 16.7. The molecule has 0 fully saturated rings. The van der Waals surface area contributed by atoms with Crippen LogP contribution in [-0.2, 0) is 26.4 Å². The van der Waals surface area contributed by atoms with E-state index in [2.05, 4.69) is 27.7 Å². The van der Waals surface area contributed by atoms with Crippen LogP contribution in [0.1, 0.15) is 98.3 Å². The van der Waals surface area contributed by atoms with Crippen LogP contribution in [0.5, 0.6) is 0 Å². The van der Waals surface area contributed by atoms with Crippen LogP contribution in [-0.4, -0.2) is 22.2 Å². The monoisotopic (exact) mass is 389 g/mol. The molecular weight excluding hydrogens is 351 g/mol. The fraction of sp³-hybridized carbons (Fsp3) is 0.895. The Kier molecular flexibility index (Phi) is 24.1. The number of aliphatic carboxylic acids is 2. The Balaban J connectivity index is -0.000000354. The van der Waals surface area contributed by atoms with E-state index in [0.29, 0.717) is 12.8 Å². The molecule has 0 aliphatic heterocycles. The van der Waals surface area contributed by atoms with Gasteiger partial charge in [0.2, 0.25) is 0 Å². The summed E-state index contributed by atoms with van der Waals surface area (Å²) >= 11 is 0. The number of rotatable bonds is 13. The van der Waals surface area contributed by atoms with Crippen LogP contribution < -0.4 is 0 Å². The van der Waals surface area contributed by atoms with E-state index in [1.54, 1.807) is 0 Å². The second kappa shape index (κ2) is 20.5. The molecule has 0 bridgehead atoms. The van der Waals surface area contributed by atoms with Gasteiger partial charge in [-0.15, -0.1) is 0 Å². The average molecular weight is 389 g/mol. The summed E-state index contributed by atoms with van der Waals surface area (Å²) in [5.74, 6) is 0.192. The Bertz CT molecular complexity index is 291. The van der Waals surface area contributed by atoms with Gasteiger partial charge in [0.25, 0.3) is 0 Å². The van der Waals surface area contributed by atoms with Gasteiger partial charge >= 0.3 is 11.9 Å². The molecule has 5 heteroatoms. The van der Waals surface area contributed by atoms with Crippen LogP contribution >= 0.6 is 0 Å². The third kappa shape index (κ3) is 33.1. The Morgan fingerprint density at radius 3 is 1.21 bits per heavy atom. The quantitative estimate of drug-likeness (QED) is 0.394. The maximum Gasteiger partial charge on any atom is 0.303 e. The average Bonchev–Trinajstić information content (AvgIpc) is 2.41. The number of hydrogen-bond acceptors (Lipinski definition) is 2. The minimum Gasteiger partial charge on any atom is -0.481 e. The molecule has 0 spiro atoms. The third-order valence-electron chi connectivity index (χ3n) is 3.59. The molecule has 0 amide bonds. The second-order valence-corrected chi connectivity index (χ2v) is 7.13. The van der Waals surface area contributed by atoms with Gasteiger partial charge in [0.1, 0.15) is 0 Å². The molecule has 2 N–H and O–H groups in total. The van der Waals surface area contributed by atoms with Crippen molar-refractivity contribution < 1.29 is 36.6 Å². The van der Waals surface area contributed by atoms with Crippen LogP contribution in [0.3, 0.4) is 0 Å². The second-order valence-electron chi connectivity index (χ2n) is 7.13. The van der Waals surface area contributed by atoms with Crippen molar-refractivity contribution in [2.45, 2.75) is 98.3 Å². The minimum absolute atomic E-state index is 0. The molecule has 0 rings (SSSR count). The Morgan fingerprint density at radius 1 is 0.625 bits per heavy atom. The SMILES string of the molecule is CC(C)CCCCCC(=O)O.CC(C)CCCCCCC(=O)O.[Co]. The predicted molar refractivity (Wildman–Crippen MR) is 95.7 cm³/mol. The zero-order valence-corrected chi connectivity index (χ0v) is 17.0. The van der Waals surface area contributed by atoms with Crippen molar-refractivity contribution >= 4 is 11.9 Å². The van der Waals surface area contributed by atoms with Crippen LogP contribution in [0.25, 0.3) is 0 Å². The molecule has 0 aliphatic rings. The molecule has 1 radical (unpaired) electrons. The molecule has 24 heavy (non-hydrogen) atoms. The summed E-state index contributed by atoms with van der Waals surface area (Å²) in [6, 6.07) is 0. The van der Waals surface area contributed by atoms with Crippen molar-refractivity contribution in [1.82, 2.24) is 0 Å². The van der Waals surface area contributed by atoms with Gasteiger partial charge in [0.15, 0.2) is 0 Å². The number of unbranched alkanes of at least 4 members (excludes halogenated alkanes) is 5. The molecule has 4 nitrogen and oxygen atoms in total. The van der Waals surface area contributed by atoms with E-state index < -0.39 is 11.9 Å². The van der Waals surface area contributed by atoms with Gasteiger partial charge < -0.3 is 10.2 Å². The molecule has 0 saturated carbocycles. The smallest absolute Gasteiger partial charge is 0.303 e. The first kappa shape index (κ1) is 28.3. The van der Waals surface area contributed by atoms with E-state index in [1.165, 1.54) is 32.1 Å². The van der Waals surface area contributed by atoms with Gasteiger partial charge in [-0.1, -0.05) is 72.6 Å². The van der Waals surface area contributed by atoms with E-state index in [1.807, 2.05) is 0 Å². The van der Waals surface area contributed by atoms with E-state index >= 15 is 0 Å². The maximum atomic E-state index is 10.1. The first-order valence-electron chi connectivity index (χ1n) is 9.19. The van der Waals surface area contributed by atoms with Crippen LogP contribution in [0.4, 0.5) is 0 Å². The third-order valence-corrected chi connectivity index (χ3v) is 3.59. The van der Waals surface area contributed by atoms with Gasteiger partial charge in [0, 0.05) is 29.6 Å². The fourth-order valence-corrected chi connectivity index (χ4v) is 2.19. The zero-order valence-electron chi connectivity index (χ0n) is 16.0. The minimum atomic E-state index is -0.672. The van der Waals surface area contributed by atoms with Crippen molar-refractivity contribution in [3.63, 3.8) is 0 Å². The Morgan fingerprint density at radius 2 is 0.917 bits per heavy atom. The molecule has 0 atom stereocenters. The molecule has 0 saturated heterocycles. The van der Waals surface area contributed by atoms with E-state index in [-0.39, 0.29) is 16.8 Å². The normalized spacial score (nSPS) is 10.1. The largest absolute Gasteiger partial charge is 0.481 e. The molecule has 0 aliphatic carbocycles. The number of carbonyl (C=O) groups is 2. The van der Waals surface area contributed by atoms with Gasteiger partial charge in [-0.2, -0.15) is 0 Å². The van der Waals surface area contributed by atoms with Crippen LogP contribution in [0, 0.1) is 11.8 Å². The van der Waals surface area contributed by atoms with Gasteiger partial charge in [-0.3, -0.25) is 9.59 Å². The summed E-state index contributed by atoms with van der Waals surface area (Å²) in [6.45, 7) is 8.82. The number of hydrogen-bond donors (Lipinski definition) is 2. The van der Waals surface area contributed by atoms with Crippen molar-refractivity contribution in [3.8, 4) is 0 Å². The van der Waals surface area contributed by atoms with Crippen LogP contribution in [0.15, 0.2) is 0 Å². The first-order chi connectivity index (χ1) is 10.8. The molecule has 147 valence electrons. The summed E-state index contributed by atoms with van der Waals surface area (Å²) < 4.78 is 0. The molecule has 0 aromatic carbocycles. The van der Waals surface area contributed by atoms with Crippen molar-refractivity contribution in [1.29, 1.82) is 0 Å². The molecule has 0 aromatic rings. The van der Waals surface area contributed by atoms with Crippen molar-refractivity contribution in [2.75, 3.05) is 0 Å². The van der Waals surface area contributed by atoms with E-state index in [4.69, 9.17) is 10.2 Å². The first-order valence-corrected chi connectivity index (χ1v) is 9.19.